The van der Waals surface area contributed by atoms with E-state index in [1.807, 2.05) is 0 Å². The minimum absolute atomic E-state index is 0.00318. The summed E-state index contributed by atoms with van der Waals surface area (Å²) in [6.07, 6.45) is 3.28. The molecule has 0 aromatic carbocycles. The van der Waals surface area contributed by atoms with E-state index in [1.54, 1.807) is 6.07 Å². The van der Waals surface area contributed by atoms with Crippen LogP contribution in [0.5, 0.6) is 0 Å². The number of aromatic nitrogens is 1. The molecule has 114 valence electrons. The molecule has 0 spiro atoms. The summed E-state index contributed by atoms with van der Waals surface area (Å²) in [4.78, 5) is 15.3. The number of halogens is 1. The van der Waals surface area contributed by atoms with Gasteiger partial charge in [-0.05, 0) is 30.9 Å². The van der Waals surface area contributed by atoms with Crippen LogP contribution in [-0.2, 0) is 14.8 Å². The maximum absolute atomic E-state index is 12.7. The topological polar surface area (TPSA) is 79.4 Å². The van der Waals surface area contributed by atoms with Gasteiger partial charge in [-0.3, -0.25) is 4.79 Å². The highest BCUT2D eigenvalue weighted by atomic mass is 35.5. The molecular weight excluding hydrogens is 314 g/mol. The molecule has 1 aromatic heterocycles. The van der Waals surface area contributed by atoms with Crippen LogP contribution in [-0.4, -0.2) is 42.7 Å². The largest absolute Gasteiger partial charge is 0.353 e. The van der Waals surface area contributed by atoms with Crippen LogP contribution in [0.15, 0.2) is 23.2 Å². The number of nitrogens with one attached hydrogen (secondary N) is 1. The van der Waals surface area contributed by atoms with Crippen molar-refractivity contribution in [2.45, 2.75) is 30.2 Å². The van der Waals surface area contributed by atoms with Gasteiger partial charge in [0.1, 0.15) is 10.0 Å². The Hall–Kier alpha value is -1.18. The highest BCUT2D eigenvalue weighted by molar-refractivity contribution is 7.89. The lowest BCUT2D eigenvalue weighted by Gasteiger charge is -2.40. The van der Waals surface area contributed by atoms with Crippen molar-refractivity contribution in [3.8, 4) is 0 Å². The smallest absolute Gasteiger partial charge is 0.246 e. The maximum Gasteiger partial charge on any atom is 0.246 e. The number of hydrogen-bond donors (Lipinski definition) is 1. The summed E-state index contributed by atoms with van der Waals surface area (Å²) in [7, 11) is -3.63. The molecule has 6 nitrogen and oxygen atoms in total. The van der Waals surface area contributed by atoms with Crippen LogP contribution in [0, 0.1) is 5.92 Å². The monoisotopic (exact) mass is 329 g/mol. The summed E-state index contributed by atoms with van der Waals surface area (Å²) in [5.41, 5.74) is 0. The van der Waals surface area contributed by atoms with E-state index in [9.17, 15) is 13.2 Å². The Morgan fingerprint density at radius 1 is 1.38 bits per heavy atom. The number of sulfonamides is 1. The molecule has 1 amide bonds. The van der Waals surface area contributed by atoms with Gasteiger partial charge in [0.2, 0.25) is 15.9 Å². The molecule has 2 aliphatic rings. The molecule has 1 N–H and O–H groups in total. The Kier molecular flexibility index (Phi) is 3.90. The first-order chi connectivity index (χ1) is 9.98. The Bertz CT molecular complexity index is 664. The lowest BCUT2D eigenvalue weighted by atomic mass is 9.86. The number of rotatable bonds is 2. The van der Waals surface area contributed by atoms with Gasteiger partial charge >= 0.3 is 0 Å². The standard InChI is InChI=1S/C13H16ClN3O3S/c14-13-11(2-1-6-15-13)21(19,20)17-7-5-10-9(8-17)3-4-12(18)16-10/h1-2,6,9-10H,3-5,7-8H2,(H,16,18). The van der Waals surface area contributed by atoms with Crippen molar-refractivity contribution in [3.63, 3.8) is 0 Å². The Balaban J connectivity index is 1.82. The number of pyridine rings is 1. The van der Waals surface area contributed by atoms with Crippen molar-refractivity contribution in [3.05, 3.63) is 23.5 Å². The van der Waals surface area contributed by atoms with Crippen LogP contribution >= 0.6 is 11.6 Å². The summed E-state index contributed by atoms with van der Waals surface area (Å²) in [5, 5.41) is 2.94. The highest BCUT2D eigenvalue weighted by Gasteiger charge is 2.38. The van der Waals surface area contributed by atoms with Gasteiger partial charge in [-0.25, -0.2) is 13.4 Å². The molecule has 0 radical (unpaired) electrons. The van der Waals surface area contributed by atoms with Crippen molar-refractivity contribution < 1.29 is 13.2 Å². The van der Waals surface area contributed by atoms with Gasteiger partial charge in [-0.1, -0.05) is 11.6 Å². The van der Waals surface area contributed by atoms with Crippen molar-refractivity contribution in [1.29, 1.82) is 0 Å². The van der Waals surface area contributed by atoms with Crippen LogP contribution < -0.4 is 5.32 Å². The molecule has 2 aliphatic heterocycles. The lowest BCUT2D eigenvalue weighted by Crippen LogP contribution is -2.55. The number of carbonyl (C=O) groups excluding carboxylic acids is 1. The van der Waals surface area contributed by atoms with E-state index < -0.39 is 10.0 Å². The summed E-state index contributed by atoms with van der Waals surface area (Å²) in [6.45, 7) is 0.799. The number of nitrogens with zero attached hydrogens (tertiary/aromatic N) is 2. The number of fused-ring (bicyclic) bond motifs is 1. The van der Waals surface area contributed by atoms with E-state index >= 15 is 0 Å². The normalized spacial score (nSPS) is 27.0. The number of carbonyl (C=O) groups is 1. The predicted molar refractivity (Wildman–Crippen MR) is 77.3 cm³/mol. The van der Waals surface area contributed by atoms with Gasteiger partial charge in [0.25, 0.3) is 0 Å². The van der Waals surface area contributed by atoms with Gasteiger partial charge in [0.05, 0.1) is 0 Å². The minimum Gasteiger partial charge on any atom is -0.353 e. The molecule has 0 saturated carbocycles. The van der Waals surface area contributed by atoms with Crippen molar-refractivity contribution in [1.82, 2.24) is 14.6 Å². The molecule has 3 heterocycles. The molecule has 1 aromatic rings. The molecule has 2 saturated heterocycles. The number of amides is 1. The fraction of sp³-hybridized carbons (Fsp3) is 0.538. The molecular formula is C13H16ClN3O3S. The Morgan fingerprint density at radius 2 is 2.19 bits per heavy atom. The van der Waals surface area contributed by atoms with Gasteiger partial charge in [0, 0.05) is 31.7 Å². The van der Waals surface area contributed by atoms with Crippen LogP contribution in [0.4, 0.5) is 0 Å². The van der Waals surface area contributed by atoms with E-state index in [-0.39, 0.29) is 27.9 Å². The third-order valence-corrected chi connectivity index (χ3v) is 6.44. The van der Waals surface area contributed by atoms with Crippen LogP contribution in [0.3, 0.4) is 0 Å². The van der Waals surface area contributed by atoms with E-state index in [2.05, 4.69) is 10.3 Å². The van der Waals surface area contributed by atoms with E-state index in [0.717, 1.165) is 6.42 Å². The number of hydrogen-bond acceptors (Lipinski definition) is 4. The second-order valence-electron chi connectivity index (χ2n) is 5.42. The lowest BCUT2D eigenvalue weighted by molar-refractivity contribution is -0.124. The van der Waals surface area contributed by atoms with Crippen molar-refractivity contribution in [2.24, 2.45) is 5.92 Å². The molecule has 2 unspecified atom stereocenters. The zero-order valence-electron chi connectivity index (χ0n) is 11.3. The van der Waals surface area contributed by atoms with E-state index in [4.69, 9.17) is 11.6 Å². The quantitative estimate of drug-likeness (QED) is 0.822. The first kappa shape index (κ1) is 14.7. The summed E-state index contributed by atoms with van der Waals surface area (Å²) < 4.78 is 26.8. The van der Waals surface area contributed by atoms with Crippen LogP contribution in [0.2, 0.25) is 5.15 Å². The third-order valence-electron chi connectivity index (χ3n) is 4.13. The SMILES string of the molecule is O=C1CCC2CN(S(=O)(=O)c3cccnc3Cl)CCC2N1. The highest BCUT2D eigenvalue weighted by Crippen LogP contribution is 2.30. The second-order valence-corrected chi connectivity index (χ2v) is 7.68. The Morgan fingerprint density at radius 3 is 2.95 bits per heavy atom. The minimum atomic E-state index is -3.63. The van der Waals surface area contributed by atoms with Crippen molar-refractivity contribution >= 4 is 27.5 Å². The van der Waals surface area contributed by atoms with Gasteiger partial charge in [-0.2, -0.15) is 4.31 Å². The maximum atomic E-state index is 12.7. The summed E-state index contributed by atoms with van der Waals surface area (Å²) in [5.74, 6) is 0.226. The first-order valence-corrected chi connectivity index (χ1v) is 8.70. The number of piperidine rings is 2. The fourth-order valence-electron chi connectivity index (χ4n) is 3.00. The predicted octanol–water partition coefficient (Wildman–Crippen LogP) is 1.02. The zero-order chi connectivity index (χ0) is 15.0. The molecule has 8 heteroatoms. The molecule has 0 bridgehead atoms. The molecule has 2 fully saturated rings. The van der Waals surface area contributed by atoms with Gasteiger partial charge < -0.3 is 5.32 Å². The van der Waals surface area contributed by atoms with Gasteiger partial charge in [-0.15, -0.1) is 0 Å². The fourth-order valence-corrected chi connectivity index (χ4v) is 4.94. The van der Waals surface area contributed by atoms with E-state index in [0.29, 0.717) is 25.9 Å². The average Bonchev–Trinajstić information content (AvgIpc) is 2.47. The first-order valence-electron chi connectivity index (χ1n) is 6.88. The Labute approximate surface area is 128 Å². The summed E-state index contributed by atoms with van der Waals surface area (Å²) in [6, 6.07) is 3.12. The van der Waals surface area contributed by atoms with E-state index in [1.165, 1.54) is 16.6 Å². The summed E-state index contributed by atoms with van der Waals surface area (Å²) >= 11 is 5.91. The second kappa shape index (κ2) is 5.55. The zero-order valence-corrected chi connectivity index (χ0v) is 12.9. The molecule has 3 rings (SSSR count). The van der Waals surface area contributed by atoms with Gasteiger partial charge in [0.15, 0.2) is 0 Å². The third kappa shape index (κ3) is 2.77. The van der Waals surface area contributed by atoms with Crippen LogP contribution in [0.25, 0.3) is 0 Å². The molecule has 2 atom stereocenters. The average molecular weight is 330 g/mol. The molecule has 21 heavy (non-hydrogen) atoms. The van der Waals surface area contributed by atoms with Crippen LogP contribution in [0.1, 0.15) is 19.3 Å². The molecule has 0 aliphatic carbocycles. The van der Waals surface area contributed by atoms with Crippen molar-refractivity contribution in [2.75, 3.05) is 13.1 Å².